The number of rotatable bonds is 6. The highest BCUT2D eigenvalue weighted by molar-refractivity contribution is 5.80. The van der Waals surface area contributed by atoms with Crippen LogP contribution in [0.3, 0.4) is 0 Å². The van der Waals surface area contributed by atoms with Crippen LogP contribution in [0.25, 0.3) is 0 Å². The van der Waals surface area contributed by atoms with Gasteiger partial charge in [-0.05, 0) is 31.3 Å². The van der Waals surface area contributed by atoms with Crippen LogP contribution in [0.1, 0.15) is 33.6 Å². The Kier molecular flexibility index (Phi) is 5.27. The summed E-state index contributed by atoms with van der Waals surface area (Å²) in [6, 6.07) is -0.0856. The first kappa shape index (κ1) is 17.4. The second-order valence-electron chi connectivity index (χ2n) is 6.85. The van der Waals surface area contributed by atoms with Crippen molar-refractivity contribution in [1.82, 2.24) is 4.90 Å². The number of carbonyl (C=O) groups excluding carboxylic acids is 1. The molecule has 0 aromatic rings. The summed E-state index contributed by atoms with van der Waals surface area (Å²) in [6.45, 7) is 6.76. The number of nitrogens with zero attached hydrogens (tertiary/aromatic N) is 1. The number of hydrogen-bond acceptors (Lipinski definition) is 6. The Morgan fingerprint density at radius 3 is 2.77 bits per heavy atom. The van der Waals surface area contributed by atoms with Gasteiger partial charge in [-0.2, -0.15) is 0 Å². The standard InChI is InChI=1S/C16H27NO5/c1-10(2)8-16(21,11(3)18)15(20)22-9-12-4-6-17-7-5-13(19)14(12)17/h4,10-11,13-14,18-19,21H,5-9H2,1-3H3/t11-,13+,14+,16+/m0/s1. The van der Waals surface area contributed by atoms with Crippen LogP contribution >= 0.6 is 0 Å². The maximum absolute atomic E-state index is 12.2. The molecule has 0 unspecified atom stereocenters. The van der Waals surface area contributed by atoms with E-state index < -0.39 is 23.8 Å². The lowest BCUT2D eigenvalue weighted by Crippen LogP contribution is -2.50. The quantitative estimate of drug-likeness (QED) is 0.475. The number of aliphatic hydroxyl groups excluding tert-OH is 2. The first-order valence-corrected chi connectivity index (χ1v) is 7.94. The Hall–Kier alpha value is -0.950. The molecule has 0 aliphatic carbocycles. The highest BCUT2D eigenvalue weighted by Crippen LogP contribution is 2.30. The fourth-order valence-corrected chi connectivity index (χ4v) is 3.35. The van der Waals surface area contributed by atoms with Gasteiger partial charge < -0.3 is 20.1 Å². The minimum atomic E-state index is -1.89. The van der Waals surface area contributed by atoms with Crippen LogP contribution in [-0.2, 0) is 9.53 Å². The van der Waals surface area contributed by atoms with E-state index in [4.69, 9.17) is 4.74 Å². The molecule has 126 valence electrons. The Balaban J connectivity index is 1.97. The SMILES string of the molecule is CC(C)C[C@](O)(C(=O)OCC1=CCN2CC[C@@H](O)[C@@H]12)[C@H](C)O. The molecule has 0 radical (unpaired) electrons. The van der Waals surface area contributed by atoms with Crippen molar-refractivity contribution in [2.24, 2.45) is 5.92 Å². The minimum Gasteiger partial charge on any atom is -0.459 e. The molecule has 4 atom stereocenters. The maximum atomic E-state index is 12.2. The van der Waals surface area contributed by atoms with Crippen molar-refractivity contribution in [1.29, 1.82) is 0 Å². The largest absolute Gasteiger partial charge is 0.459 e. The van der Waals surface area contributed by atoms with Gasteiger partial charge in [0.05, 0.1) is 18.2 Å². The Morgan fingerprint density at radius 2 is 2.18 bits per heavy atom. The summed E-state index contributed by atoms with van der Waals surface area (Å²) in [5, 5.41) is 30.2. The van der Waals surface area contributed by atoms with Crippen molar-refractivity contribution >= 4 is 5.97 Å². The monoisotopic (exact) mass is 313 g/mol. The van der Waals surface area contributed by atoms with Gasteiger partial charge in [-0.25, -0.2) is 4.79 Å². The summed E-state index contributed by atoms with van der Waals surface area (Å²) in [5.41, 5.74) is -1.02. The van der Waals surface area contributed by atoms with Gasteiger partial charge in [-0.15, -0.1) is 0 Å². The zero-order chi connectivity index (χ0) is 16.5. The zero-order valence-electron chi connectivity index (χ0n) is 13.5. The third-order valence-corrected chi connectivity index (χ3v) is 4.57. The van der Waals surface area contributed by atoms with Gasteiger partial charge in [-0.1, -0.05) is 19.9 Å². The molecule has 0 spiro atoms. The lowest BCUT2D eigenvalue weighted by molar-refractivity contribution is -0.178. The van der Waals surface area contributed by atoms with Crippen LogP contribution < -0.4 is 0 Å². The van der Waals surface area contributed by atoms with Gasteiger partial charge in [-0.3, -0.25) is 4.90 Å². The molecule has 0 amide bonds. The van der Waals surface area contributed by atoms with E-state index in [-0.39, 0.29) is 25.0 Å². The van der Waals surface area contributed by atoms with Crippen LogP contribution in [0, 0.1) is 5.92 Å². The first-order valence-electron chi connectivity index (χ1n) is 7.94. The lowest BCUT2D eigenvalue weighted by Gasteiger charge is -2.30. The maximum Gasteiger partial charge on any atom is 0.341 e. The van der Waals surface area contributed by atoms with E-state index in [9.17, 15) is 20.1 Å². The molecule has 2 aliphatic rings. The molecule has 2 heterocycles. The van der Waals surface area contributed by atoms with Gasteiger partial charge in [0.25, 0.3) is 0 Å². The Bertz CT molecular complexity index is 448. The predicted molar refractivity (Wildman–Crippen MR) is 81.1 cm³/mol. The van der Waals surface area contributed by atoms with E-state index in [1.54, 1.807) is 0 Å². The number of hydrogen-bond donors (Lipinski definition) is 3. The topological polar surface area (TPSA) is 90.2 Å². The van der Waals surface area contributed by atoms with Crippen molar-refractivity contribution in [2.75, 3.05) is 19.7 Å². The zero-order valence-corrected chi connectivity index (χ0v) is 13.5. The molecule has 0 bridgehead atoms. The fraction of sp³-hybridized carbons (Fsp3) is 0.812. The summed E-state index contributed by atoms with van der Waals surface area (Å²) in [6.07, 6.45) is 1.19. The normalized spacial score (nSPS) is 29.1. The van der Waals surface area contributed by atoms with Gasteiger partial charge in [0.15, 0.2) is 5.60 Å². The van der Waals surface area contributed by atoms with Crippen LogP contribution in [-0.4, -0.2) is 69.7 Å². The van der Waals surface area contributed by atoms with E-state index >= 15 is 0 Å². The molecular weight excluding hydrogens is 286 g/mol. The number of esters is 1. The van der Waals surface area contributed by atoms with E-state index in [2.05, 4.69) is 4.90 Å². The number of carbonyl (C=O) groups is 1. The van der Waals surface area contributed by atoms with Crippen molar-refractivity contribution in [3.63, 3.8) is 0 Å². The van der Waals surface area contributed by atoms with Crippen LogP contribution in [0.4, 0.5) is 0 Å². The van der Waals surface area contributed by atoms with Crippen molar-refractivity contribution in [3.8, 4) is 0 Å². The number of ether oxygens (including phenoxy) is 1. The van der Waals surface area contributed by atoms with Crippen LogP contribution in [0.15, 0.2) is 11.6 Å². The molecule has 2 rings (SSSR count). The van der Waals surface area contributed by atoms with Gasteiger partial charge in [0, 0.05) is 13.1 Å². The number of fused-ring (bicyclic) bond motifs is 1. The molecule has 22 heavy (non-hydrogen) atoms. The highest BCUT2D eigenvalue weighted by Gasteiger charge is 2.44. The van der Waals surface area contributed by atoms with E-state index in [0.29, 0.717) is 0 Å². The second-order valence-corrected chi connectivity index (χ2v) is 6.85. The molecule has 0 aromatic heterocycles. The average molecular weight is 313 g/mol. The molecule has 1 saturated heterocycles. The summed E-state index contributed by atoms with van der Waals surface area (Å²) in [7, 11) is 0. The average Bonchev–Trinajstić information content (AvgIpc) is 2.98. The highest BCUT2D eigenvalue weighted by atomic mass is 16.6. The molecule has 0 aromatic carbocycles. The molecule has 6 nitrogen and oxygen atoms in total. The lowest BCUT2D eigenvalue weighted by atomic mass is 9.88. The number of aliphatic hydroxyl groups is 3. The third-order valence-electron chi connectivity index (χ3n) is 4.57. The van der Waals surface area contributed by atoms with E-state index in [1.165, 1.54) is 6.92 Å². The van der Waals surface area contributed by atoms with Gasteiger partial charge in [0.2, 0.25) is 0 Å². The molecular formula is C16H27NO5. The van der Waals surface area contributed by atoms with Crippen LogP contribution in [0.5, 0.6) is 0 Å². The Labute approximate surface area is 131 Å². The van der Waals surface area contributed by atoms with E-state index in [0.717, 1.165) is 25.1 Å². The van der Waals surface area contributed by atoms with Crippen molar-refractivity contribution in [2.45, 2.75) is 57.5 Å². The van der Waals surface area contributed by atoms with Crippen LogP contribution in [0.2, 0.25) is 0 Å². The van der Waals surface area contributed by atoms with Gasteiger partial charge in [0.1, 0.15) is 6.61 Å². The smallest absolute Gasteiger partial charge is 0.341 e. The van der Waals surface area contributed by atoms with Crippen molar-refractivity contribution < 1.29 is 24.9 Å². The fourth-order valence-electron chi connectivity index (χ4n) is 3.35. The van der Waals surface area contributed by atoms with Gasteiger partial charge >= 0.3 is 5.97 Å². The molecule has 3 N–H and O–H groups in total. The molecule has 2 aliphatic heterocycles. The summed E-state index contributed by atoms with van der Waals surface area (Å²) in [4.78, 5) is 14.4. The molecule has 1 fully saturated rings. The van der Waals surface area contributed by atoms with E-state index in [1.807, 2.05) is 19.9 Å². The van der Waals surface area contributed by atoms with Crippen molar-refractivity contribution in [3.05, 3.63) is 11.6 Å². The summed E-state index contributed by atoms with van der Waals surface area (Å²) < 4.78 is 5.25. The third kappa shape index (κ3) is 3.35. The second kappa shape index (κ2) is 6.66. The minimum absolute atomic E-state index is 0.0458. The first-order chi connectivity index (χ1) is 10.3. The molecule has 0 saturated carbocycles. The summed E-state index contributed by atoms with van der Waals surface area (Å²) >= 11 is 0. The Morgan fingerprint density at radius 1 is 1.50 bits per heavy atom. The predicted octanol–water partition coefficient (Wildman–Crippen LogP) is 0.0628. The summed E-state index contributed by atoms with van der Waals surface area (Å²) in [5.74, 6) is -0.756. The molecule has 6 heteroatoms.